The number of carbonyl (C=O) groups is 1. The van der Waals surface area contributed by atoms with Crippen molar-refractivity contribution >= 4 is 45.0 Å². The van der Waals surface area contributed by atoms with E-state index < -0.39 is 0 Å². The van der Waals surface area contributed by atoms with Gasteiger partial charge in [-0.05, 0) is 61.4 Å². The van der Waals surface area contributed by atoms with Gasteiger partial charge in [0.25, 0.3) is 0 Å². The molecule has 0 fully saturated rings. The second kappa shape index (κ2) is 7.00. The van der Waals surface area contributed by atoms with Crippen molar-refractivity contribution < 1.29 is 4.79 Å². The van der Waals surface area contributed by atoms with E-state index in [4.69, 9.17) is 5.73 Å². The fourth-order valence-electron chi connectivity index (χ4n) is 1.81. The number of nitrogens with one attached hydrogen (secondary N) is 1. The zero-order valence-corrected chi connectivity index (χ0v) is 14.3. The first kappa shape index (κ1) is 15.9. The largest absolute Gasteiger partial charge is 0.399 e. The summed E-state index contributed by atoms with van der Waals surface area (Å²) >= 11 is 4.94. The molecule has 0 bridgehead atoms. The summed E-state index contributed by atoms with van der Waals surface area (Å²) < 4.78 is 1.03. The van der Waals surface area contributed by atoms with Crippen LogP contribution in [0.3, 0.4) is 0 Å². The smallest absolute Gasteiger partial charge is 0.234 e. The van der Waals surface area contributed by atoms with Gasteiger partial charge in [0.05, 0.1) is 5.75 Å². The van der Waals surface area contributed by atoms with Gasteiger partial charge in [0.15, 0.2) is 0 Å². The average molecular weight is 365 g/mol. The molecular weight excluding hydrogens is 348 g/mol. The lowest BCUT2D eigenvalue weighted by Crippen LogP contribution is -2.14. The highest BCUT2D eigenvalue weighted by molar-refractivity contribution is 9.10. The van der Waals surface area contributed by atoms with Gasteiger partial charge in [-0.25, -0.2) is 0 Å². The predicted octanol–water partition coefficient (Wildman–Crippen LogP) is 4.38. The SMILES string of the molecule is Cc1cc(SCC(=O)Nc2ccc(Br)c(C)c2)ccc1N. The van der Waals surface area contributed by atoms with E-state index in [-0.39, 0.29) is 5.91 Å². The summed E-state index contributed by atoms with van der Waals surface area (Å²) in [5.74, 6) is 0.356. The van der Waals surface area contributed by atoms with Gasteiger partial charge in [0, 0.05) is 20.7 Å². The first-order chi connectivity index (χ1) is 9.95. The van der Waals surface area contributed by atoms with Crippen molar-refractivity contribution in [2.24, 2.45) is 0 Å². The van der Waals surface area contributed by atoms with E-state index in [0.29, 0.717) is 5.75 Å². The second-order valence-electron chi connectivity index (χ2n) is 4.82. The van der Waals surface area contributed by atoms with Gasteiger partial charge in [-0.15, -0.1) is 11.8 Å². The van der Waals surface area contributed by atoms with Gasteiger partial charge in [-0.2, -0.15) is 0 Å². The number of nitrogen functional groups attached to an aromatic ring is 1. The molecule has 0 saturated heterocycles. The van der Waals surface area contributed by atoms with Crippen LogP contribution in [0.5, 0.6) is 0 Å². The highest BCUT2D eigenvalue weighted by Gasteiger charge is 2.05. The van der Waals surface area contributed by atoms with Crippen LogP contribution in [0.1, 0.15) is 11.1 Å². The van der Waals surface area contributed by atoms with E-state index in [1.54, 1.807) is 0 Å². The molecular formula is C16H17BrN2OS. The number of thioether (sulfide) groups is 1. The van der Waals surface area contributed by atoms with Crippen LogP contribution in [0, 0.1) is 13.8 Å². The first-order valence-electron chi connectivity index (χ1n) is 6.50. The second-order valence-corrected chi connectivity index (χ2v) is 6.72. The molecule has 0 radical (unpaired) electrons. The zero-order valence-electron chi connectivity index (χ0n) is 11.9. The van der Waals surface area contributed by atoms with Crippen molar-refractivity contribution in [1.29, 1.82) is 0 Å². The molecule has 0 atom stereocenters. The van der Waals surface area contributed by atoms with Crippen molar-refractivity contribution in [3.63, 3.8) is 0 Å². The van der Waals surface area contributed by atoms with Crippen LogP contribution in [0.4, 0.5) is 11.4 Å². The predicted molar refractivity (Wildman–Crippen MR) is 93.8 cm³/mol. The molecule has 0 heterocycles. The summed E-state index contributed by atoms with van der Waals surface area (Å²) in [5.41, 5.74) is 9.49. The van der Waals surface area contributed by atoms with E-state index in [1.165, 1.54) is 11.8 Å². The number of benzene rings is 2. The normalized spacial score (nSPS) is 10.4. The van der Waals surface area contributed by atoms with E-state index in [9.17, 15) is 4.79 Å². The molecule has 3 nitrogen and oxygen atoms in total. The summed E-state index contributed by atoms with van der Waals surface area (Å²) in [6.07, 6.45) is 0. The maximum Gasteiger partial charge on any atom is 0.234 e. The summed E-state index contributed by atoms with van der Waals surface area (Å²) in [5, 5.41) is 2.90. The molecule has 0 unspecified atom stereocenters. The van der Waals surface area contributed by atoms with E-state index >= 15 is 0 Å². The monoisotopic (exact) mass is 364 g/mol. The van der Waals surface area contributed by atoms with Crippen molar-refractivity contribution in [1.82, 2.24) is 0 Å². The number of rotatable bonds is 4. The molecule has 110 valence electrons. The Labute approximate surface area is 137 Å². The summed E-state index contributed by atoms with van der Waals surface area (Å²) in [6, 6.07) is 11.6. The van der Waals surface area contributed by atoms with Crippen molar-refractivity contribution in [3.8, 4) is 0 Å². The topological polar surface area (TPSA) is 55.1 Å². The molecule has 0 saturated carbocycles. The van der Waals surface area contributed by atoms with Crippen LogP contribution in [0.15, 0.2) is 45.8 Å². The van der Waals surface area contributed by atoms with Gasteiger partial charge in [-0.1, -0.05) is 15.9 Å². The van der Waals surface area contributed by atoms with Gasteiger partial charge in [0.2, 0.25) is 5.91 Å². The fraction of sp³-hybridized carbons (Fsp3) is 0.188. The number of hydrogen-bond donors (Lipinski definition) is 2. The standard InChI is InChI=1S/C16H17BrN2OS/c1-10-7-12(3-5-14(10)17)19-16(20)9-21-13-4-6-15(18)11(2)8-13/h3-8H,9,18H2,1-2H3,(H,19,20). The summed E-state index contributed by atoms with van der Waals surface area (Å²) in [4.78, 5) is 13.0. The van der Waals surface area contributed by atoms with Crippen LogP contribution in [0.2, 0.25) is 0 Å². The van der Waals surface area contributed by atoms with Crippen molar-refractivity contribution in [2.45, 2.75) is 18.7 Å². The Kier molecular flexibility index (Phi) is 5.31. The molecule has 1 amide bonds. The molecule has 2 aromatic carbocycles. The number of anilines is 2. The third-order valence-electron chi connectivity index (χ3n) is 3.05. The van der Waals surface area contributed by atoms with E-state index in [1.807, 2.05) is 50.2 Å². The minimum absolute atomic E-state index is 0.0174. The van der Waals surface area contributed by atoms with Crippen LogP contribution in [-0.2, 0) is 4.79 Å². The molecule has 0 aliphatic heterocycles. The highest BCUT2D eigenvalue weighted by Crippen LogP contribution is 2.23. The molecule has 0 aliphatic rings. The number of halogens is 1. The minimum Gasteiger partial charge on any atom is -0.399 e. The minimum atomic E-state index is -0.0174. The van der Waals surface area contributed by atoms with Crippen molar-refractivity contribution in [2.75, 3.05) is 16.8 Å². The Bertz CT molecular complexity index is 673. The lowest BCUT2D eigenvalue weighted by molar-refractivity contribution is -0.113. The number of amides is 1. The lowest BCUT2D eigenvalue weighted by atomic mass is 10.2. The zero-order chi connectivity index (χ0) is 15.4. The number of nitrogens with two attached hydrogens (primary N) is 1. The molecule has 3 N–H and O–H groups in total. The molecule has 0 aromatic heterocycles. The molecule has 0 aliphatic carbocycles. The van der Waals surface area contributed by atoms with Crippen LogP contribution >= 0.6 is 27.7 Å². The maximum absolute atomic E-state index is 12.0. The average Bonchev–Trinajstić information content (AvgIpc) is 2.44. The Morgan fingerprint density at radius 2 is 1.95 bits per heavy atom. The van der Waals surface area contributed by atoms with Gasteiger partial charge >= 0.3 is 0 Å². The first-order valence-corrected chi connectivity index (χ1v) is 8.28. The molecule has 2 aromatic rings. The molecule has 21 heavy (non-hydrogen) atoms. The molecule has 2 rings (SSSR count). The fourth-order valence-corrected chi connectivity index (χ4v) is 2.85. The maximum atomic E-state index is 12.0. The van der Waals surface area contributed by atoms with Crippen LogP contribution in [-0.4, -0.2) is 11.7 Å². The Balaban J connectivity index is 1.92. The number of hydrogen-bond acceptors (Lipinski definition) is 3. The third-order valence-corrected chi connectivity index (χ3v) is 4.94. The molecule has 0 spiro atoms. The quantitative estimate of drug-likeness (QED) is 0.625. The van der Waals surface area contributed by atoms with E-state index in [0.717, 1.165) is 31.9 Å². The Morgan fingerprint density at radius 1 is 1.19 bits per heavy atom. The summed E-state index contributed by atoms with van der Waals surface area (Å²) in [7, 11) is 0. The number of carbonyl (C=O) groups excluding carboxylic acids is 1. The number of aryl methyl sites for hydroxylation is 2. The van der Waals surface area contributed by atoms with Crippen molar-refractivity contribution in [3.05, 3.63) is 52.0 Å². The van der Waals surface area contributed by atoms with E-state index in [2.05, 4.69) is 21.2 Å². The molecule has 5 heteroatoms. The van der Waals surface area contributed by atoms with Crippen LogP contribution in [0.25, 0.3) is 0 Å². The van der Waals surface area contributed by atoms with Crippen LogP contribution < -0.4 is 11.1 Å². The third kappa shape index (κ3) is 4.51. The Hall–Kier alpha value is -1.46. The van der Waals surface area contributed by atoms with Gasteiger partial charge in [-0.3, -0.25) is 4.79 Å². The summed E-state index contributed by atoms with van der Waals surface area (Å²) in [6.45, 7) is 3.95. The van der Waals surface area contributed by atoms with Gasteiger partial charge in [0.1, 0.15) is 0 Å². The lowest BCUT2D eigenvalue weighted by Gasteiger charge is -2.08. The highest BCUT2D eigenvalue weighted by atomic mass is 79.9. The van der Waals surface area contributed by atoms with Gasteiger partial charge < -0.3 is 11.1 Å². The Morgan fingerprint density at radius 3 is 2.62 bits per heavy atom.